The summed E-state index contributed by atoms with van der Waals surface area (Å²) in [6.07, 6.45) is 0. The lowest BCUT2D eigenvalue weighted by molar-refractivity contribution is 0.0698. The van der Waals surface area contributed by atoms with Crippen LogP contribution in [0.1, 0.15) is 26.5 Å². The number of hydrogen-bond acceptors (Lipinski definition) is 3. The highest BCUT2D eigenvalue weighted by atomic mass is 16.4. The Morgan fingerprint density at radius 2 is 1.62 bits per heavy atom. The van der Waals surface area contributed by atoms with Gasteiger partial charge in [-0.05, 0) is 25.1 Å². The maximum Gasteiger partial charge on any atom is 0.337 e. The molecule has 0 aliphatic rings. The zero-order chi connectivity index (χ0) is 17.1. The first kappa shape index (κ1) is 15.6. The van der Waals surface area contributed by atoms with Crippen molar-refractivity contribution < 1.29 is 19.1 Å². The summed E-state index contributed by atoms with van der Waals surface area (Å²) in [4.78, 5) is 23.7. The van der Waals surface area contributed by atoms with Crippen molar-refractivity contribution >= 4 is 17.6 Å². The number of aryl methyl sites for hydroxylation is 1. The summed E-state index contributed by atoms with van der Waals surface area (Å²) in [5.41, 5.74) is 1.52. The zero-order valence-corrected chi connectivity index (χ0v) is 12.9. The quantitative estimate of drug-likeness (QED) is 0.754. The van der Waals surface area contributed by atoms with Crippen molar-refractivity contribution in [3.05, 3.63) is 77.6 Å². The van der Waals surface area contributed by atoms with Gasteiger partial charge in [0.1, 0.15) is 11.5 Å². The number of furan rings is 1. The molecule has 0 bridgehead atoms. The summed E-state index contributed by atoms with van der Waals surface area (Å²) in [7, 11) is 0. The summed E-state index contributed by atoms with van der Waals surface area (Å²) in [6.45, 7) is 1.70. The minimum Gasteiger partial charge on any atom is -0.478 e. The number of rotatable bonds is 4. The lowest BCUT2D eigenvalue weighted by Crippen LogP contribution is -2.14. The van der Waals surface area contributed by atoms with Crippen LogP contribution in [0.25, 0.3) is 11.3 Å². The van der Waals surface area contributed by atoms with Gasteiger partial charge in [0.05, 0.1) is 16.8 Å². The van der Waals surface area contributed by atoms with Gasteiger partial charge in [0.15, 0.2) is 0 Å². The van der Waals surface area contributed by atoms with E-state index in [0.29, 0.717) is 17.1 Å². The lowest BCUT2D eigenvalue weighted by Gasteiger charge is -2.07. The van der Waals surface area contributed by atoms with E-state index in [4.69, 9.17) is 4.42 Å². The van der Waals surface area contributed by atoms with Gasteiger partial charge in [-0.15, -0.1) is 0 Å². The van der Waals surface area contributed by atoms with E-state index in [1.807, 2.05) is 30.3 Å². The number of carboxylic acid groups (broad SMARTS) is 1. The first-order valence-electron chi connectivity index (χ1n) is 7.36. The van der Waals surface area contributed by atoms with Crippen molar-refractivity contribution in [2.45, 2.75) is 6.92 Å². The third kappa shape index (κ3) is 3.05. The Labute approximate surface area is 138 Å². The Bertz CT molecular complexity index is 897. The molecule has 120 valence electrons. The second-order valence-corrected chi connectivity index (χ2v) is 5.25. The Morgan fingerprint density at radius 1 is 0.958 bits per heavy atom. The van der Waals surface area contributed by atoms with Crippen LogP contribution in [0.5, 0.6) is 0 Å². The van der Waals surface area contributed by atoms with Crippen LogP contribution in [-0.2, 0) is 0 Å². The van der Waals surface area contributed by atoms with Crippen molar-refractivity contribution in [2.75, 3.05) is 5.32 Å². The van der Waals surface area contributed by atoms with Crippen LogP contribution in [0.2, 0.25) is 0 Å². The highest BCUT2D eigenvalue weighted by Gasteiger charge is 2.18. The number of nitrogens with one attached hydrogen (secondary N) is 1. The van der Waals surface area contributed by atoms with E-state index in [9.17, 15) is 14.7 Å². The topological polar surface area (TPSA) is 79.5 Å². The normalized spacial score (nSPS) is 10.4. The number of anilines is 1. The van der Waals surface area contributed by atoms with Gasteiger partial charge in [0.25, 0.3) is 5.91 Å². The van der Waals surface area contributed by atoms with Crippen LogP contribution in [0.3, 0.4) is 0 Å². The summed E-state index contributed by atoms with van der Waals surface area (Å²) in [5.74, 6) is -0.448. The van der Waals surface area contributed by atoms with Crippen LogP contribution in [-0.4, -0.2) is 17.0 Å². The minimum absolute atomic E-state index is 0.0373. The molecule has 0 fully saturated rings. The van der Waals surface area contributed by atoms with Gasteiger partial charge >= 0.3 is 5.97 Å². The number of hydrogen-bond donors (Lipinski definition) is 2. The largest absolute Gasteiger partial charge is 0.478 e. The predicted molar refractivity (Wildman–Crippen MR) is 90.2 cm³/mol. The maximum atomic E-state index is 12.5. The fraction of sp³-hybridized carbons (Fsp3) is 0.0526. The first-order valence-corrected chi connectivity index (χ1v) is 7.36. The lowest BCUT2D eigenvalue weighted by atomic mass is 10.1. The minimum atomic E-state index is -1.10. The molecule has 0 saturated carbocycles. The average molecular weight is 321 g/mol. The molecule has 3 rings (SSSR count). The summed E-state index contributed by atoms with van der Waals surface area (Å²) < 4.78 is 5.66. The third-order valence-corrected chi connectivity index (χ3v) is 3.63. The van der Waals surface area contributed by atoms with Crippen molar-refractivity contribution in [3.63, 3.8) is 0 Å². The standard InChI is InChI=1S/C19H15NO4/c1-12-15(11-17(24-12)13-7-3-2-4-8-13)18(21)20-16-10-6-5-9-14(16)19(22)23/h2-11H,1H3,(H,20,21)(H,22,23). The number of carbonyl (C=O) groups is 2. The van der Waals surface area contributed by atoms with Crippen molar-refractivity contribution in [2.24, 2.45) is 0 Å². The van der Waals surface area contributed by atoms with Crippen LogP contribution in [0, 0.1) is 6.92 Å². The number of amides is 1. The van der Waals surface area contributed by atoms with Gasteiger partial charge in [-0.2, -0.15) is 0 Å². The molecule has 0 atom stereocenters. The fourth-order valence-electron chi connectivity index (χ4n) is 2.42. The van der Waals surface area contributed by atoms with Crippen LogP contribution < -0.4 is 5.32 Å². The fourth-order valence-corrected chi connectivity index (χ4v) is 2.42. The Hall–Kier alpha value is -3.34. The molecule has 24 heavy (non-hydrogen) atoms. The van der Waals surface area contributed by atoms with Gasteiger partial charge in [-0.25, -0.2) is 4.79 Å². The Kier molecular flexibility index (Phi) is 4.16. The van der Waals surface area contributed by atoms with Gasteiger partial charge < -0.3 is 14.8 Å². The van der Waals surface area contributed by atoms with Gasteiger partial charge in [-0.1, -0.05) is 42.5 Å². The first-order chi connectivity index (χ1) is 11.6. The summed E-state index contributed by atoms with van der Waals surface area (Å²) in [5, 5.41) is 11.8. The SMILES string of the molecule is Cc1oc(-c2ccccc2)cc1C(=O)Nc1ccccc1C(=O)O. The highest BCUT2D eigenvalue weighted by molar-refractivity contribution is 6.08. The molecule has 2 N–H and O–H groups in total. The third-order valence-electron chi connectivity index (χ3n) is 3.63. The molecule has 3 aromatic rings. The molecule has 5 nitrogen and oxygen atoms in total. The van der Waals surface area contributed by atoms with E-state index in [1.54, 1.807) is 31.2 Å². The molecular formula is C19H15NO4. The van der Waals surface area contributed by atoms with Crippen LogP contribution in [0.15, 0.2) is 65.1 Å². The second kappa shape index (κ2) is 6.42. The van der Waals surface area contributed by atoms with E-state index in [-0.39, 0.29) is 11.3 Å². The second-order valence-electron chi connectivity index (χ2n) is 5.25. The number of carbonyl (C=O) groups excluding carboxylic acids is 1. The van der Waals surface area contributed by atoms with Crippen LogP contribution in [0.4, 0.5) is 5.69 Å². The number of aromatic carboxylic acids is 1. The number of para-hydroxylation sites is 1. The molecule has 0 unspecified atom stereocenters. The molecule has 1 aromatic heterocycles. The Balaban J connectivity index is 1.89. The smallest absolute Gasteiger partial charge is 0.337 e. The molecule has 1 amide bonds. The molecule has 0 aliphatic heterocycles. The van der Waals surface area contributed by atoms with Crippen LogP contribution >= 0.6 is 0 Å². The van der Waals surface area contributed by atoms with E-state index in [1.165, 1.54) is 6.07 Å². The van der Waals surface area contributed by atoms with Crippen molar-refractivity contribution in [3.8, 4) is 11.3 Å². The molecule has 1 heterocycles. The molecule has 0 spiro atoms. The van der Waals surface area contributed by atoms with Gasteiger partial charge in [0, 0.05) is 5.56 Å². The molecule has 2 aromatic carbocycles. The number of benzene rings is 2. The zero-order valence-electron chi connectivity index (χ0n) is 12.9. The Morgan fingerprint density at radius 3 is 2.33 bits per heavy atom. The summed E-state index contributed by atoms with van der Waals surface area (Å²) >= 11 is 0. The van der Waals surface area contributed by atoms with E-state index in [2.05, 4.69) is 5.32 Å². The van der Waals surface area contributed by atoms with Gasteiger partial charge in [-0.3, -0.25) is 4.79 Å². The van der Waals surface area contributed by atoms with Crippen molar-refractivity contribution in [1.82, 2.24) is 0 Å². The average Bonchev–Trinajstić information content (AvgIpc) is 2.98. The molecular weight excluding hydrogens is 306 g/mol. The molecule has 0 aliphatic carbocycles. The predicted octanol–water partition coefficient (Wildman–Crippen LogP) is 4.21. The highest BCUT2D eigenvalue weighted by Crippen LogP contribution is 2.26. The number of carboxylic acids is 1. The molecule has 5 heteroatoms. The summed E-state index contributed by atoms with van der Waals surface area (Å²) in [6, 6.07) is 17.4. The molecule has 0 saturated heterocycles. The molecule has 0 radical (unpaired) electrons. The maximum absolute atomic E-state index is 12.5. The van der Waals surface area contributed by atoms with Gasteiger partial charge in [0.2, 0.25) is 0 Å². The van der Waals surface area contributed by atoms with E-state index >= 15 is 0 Å². The van der Waals surface area contributed by atoms with E-state index < -0.39 is 11.9 Å². The monoisotopic (exact) mass is 321 g/mol. The van der Waals surface area contributed by atoms with E-state index in [0.717, 1.165) is 5.56 Å². The van der Waals surface area contributed by atoms with Crippen molar-refractivity contribution in [1.29, 1.82) is 0 Å².